The summed E-state index contributed by atoms with van der Waals surface area (Å²) in [5.74, 6) is 1.76. The molecular formula is C17H21ClN4O2. The van der Waals surface area contributed by atoms with Crippen LogP contribution >= 0.6 is 11.6 Å². The van der Waals surface area contributed by atoms with Crippen molar-refractivity contribution in [2.45, 2.75) is 20.8 Å². The lowest BCUT2D eigenvalue weighted by Gasteiger charge is -2.12. The standard InChI is InChI=1S/C17H21ClN4O2/c1-10(2)9-19-17(23)14-8-16(21-11(3)20-14)22-13-7-12(18)5-6-15(13)24-4/h5-8,10H,9H2,1-4H3,(H,19,23)(H,20,21,22). The first-order valence-electron chi connectivity index (χ1n) is 7.63. The van der Waals surface area contributed by atoms with Crippen molar-refractivity contribution in [1.29, 1.82) is 0 Å². The van der Waals surface area contributed by atoms with Gasteiger partial charge in [0.1, 0.15) is 23.1 Å². The molecule has 0 aliphatic rings. The molecule has 0 aliphatic heterocycles. The summed E-state index contributed by atoms with van der Waals surface area (Å²) in [6.45, 7) is 6.39. The molecule has 128 valence electrons. The summed E-state index contributed by atoms with van der Waals surface area (Å²) in [4.78, 5) is 20.7. The lowest BCUT2D eigenvalue weighted by Crippen LogP contribution is -2.28. The quantitative estimate of drug-likeness (QED) is 0.834. The van der Waals surface area contributed by atoms with E-state index < -0.39 is 0 Å². The van der Waals surface area contributed by atoms with Crippen molar-refractivity contribution < 1.29 is 9.53 Å². The molecule has 2 aromatic rings. The Kier molecular flexibility index (Phi) is 5.98. The number of halogens is 1. The van der Waals surface area contributed by atoms with E-state index in [4.69, 9.17) is 16.3 Å². The number of carbonyl (C=O) groups excluding carboxylic acids is 1. The number of nitrogens with zero attached hydrogens (tertiary/aromatic N) is 2. The van der Waals surface area contributed by atoms with Crippen LogP contribution in [0.2, 0.25) is 5.02 Å². The smallest absolute Gasteiger partial charge is 0.270 e. The number of anilines is 2. The van der Waals surface area contributed by atoms with Gasteiger partial charge in [-0.15, -0.1) is 0 Å². The van der Waals surface area contributed by atoms with Crippen molar-refractivity contribution in [1.82, 2.24) is 15.3 Å². The molecule has 1 amide bonds. The molecule has 0 spiro atoms. The zero-order chi connectivity index (χ0) is 17.7. The van der Waals surface area contributed by atoms with Gasteiger partial charge in [-0.25, -0.2) is 9.97 Å². The Morgan fingerprint density at radius 3 is 2.71 bits per heavy atom. The Bertz CT molecular complexity index is 735. The van der Waals surface area contributed by atoms with E-state index in [1.54, 1.807) is 38.3 Å². The van der Waals surface area contributed by atoms with Crippen molar-refractivity contribution in [3.05, 3.63) is 40.8 Å². The van der Waals surface area contributed by atoms with E-state index in [1.165, 1.54) is 0 Å². The molecule has 6 nitrogen and oxygen atoms in total. The highest BCUT2D eigenvalue weighted by molar-refractivity contribution is 6.31. The summed E-state index contributed by atoms with van der Waals surface area (Å²) in [6.07, 6.45) is 0. The van der Waals surface area contributed by atoms with Gasteiger partial charge in [0.2, 0.25) is 0 Å². The number of hydrogen-bond acceptors (Lipinski definition) is 5. The number of aromatic nitrogens is 2. The number of aryl methyl sites for hydroxylation is 1. The normalized spacial score (nSPS) is 10.6. The molecule has 2 rings (SSSR count). The predicted molar refractivity (Wildman–Crippen MR) is 95.2 cm³/mol. The van der Waals surface area contributed by atoms with E-state index in [-0.39, 0.29) is 5.91 Å². The van der Waals surface area contributed by atoms with Gasteiger partial charge in [0, 0.05) is 17.6 Å². The summed E-state index contributed by atoms with van der Waals surface area (Å²) in [5, 5.41) is 6.54. The first kappa shape index (κ1) is 18.0. The van der Waals surface area contributed by atoms with Gasteiger partial charge in [0.25, 0.3) is 5.91 Å². The average molecular weight is 349 g/mol. The van der Waals surface area contributed by atoms with E-state index in [0.717, 1.165) is 0 Å². The van der Waals surface area contributed by atoms with Crippen LogP contribution in [0.15, 0.2) is 24.3 Å². The summed E-state index contributed by atoms with van der Waals surface area (Å²) in [6, 6.07) is 6.83. The van der Waals surface area contributed by atoms with Crippen LogP contribution in [-0.4, -0.2) is 29.5 Å². The first-order chi connectivity index (χ1) is 11.4. The molecule has 0 fully saturated rings. The van der Waals surface area contributed by atoms with Crippen LogP contribution in [0.4, 0.5) is 11.5 Å². The van der Waals surface area contributed by atoms with Gasteiger partial charge in [-0.2, -0.15) is 0 Å². The van der Waals surface area contributed by atoms with Crippen molar-refractivity contribution in [3.8, 4) is 5.75 Å². The van der Waals surface area contributed by atoms with Crippen molar-refractivity contribution in [3.63, 3.8) is 0 Å². The minimum atomic E-state index is -0.227. The molecule has 0 saturated carbocycles. The van der Waals surface area contributed by atoms with Crippen LogP contribution in [0.5, 0.6) is 5.75 Å². The minimum Gasteiger partial charge on any atom is -0.495 e. The molecule has 0 radical (unpaired) electrons. The molecule has 0 saturated heterocycles. The second-order valence-electron chi connectivity index (χ2n) is 5.76. The highest BCUT2D eigenvalue weighted by atomic mass is 35.5. The number of carbonyl (C=O) groups is 1. The summed E-state index contributed by atoms with van der Waals surface area (Å²) in [5.41, 5.74) is 0.975. The van der Waals surface area contributed by atoms with Crippen LogP contribution in [0.3, 0.4) is 0 Å². The van der Waals surface area contributed by atoms with Gasteiger partial charge in [0.15, 0.2) is 0 Å². The van der Waals surface area contributed by atoms with Crippen LogP contribution in [0.25, 0.3) is 0 Å². The highest BCUT2D eigenvalue weighted by Gasteiger charge is 2.12. The van der Waals surface area contributed by atoms with E-state index in [9.17, 15) is 4.79 Å². The number of rotatable bonds is 6. The van der Waals surface area contributed by atoms with Crippen molar-refractivity contribution in [2.75, 3.05) is 19.0 Å². The lowest BCUT2D eigenvalue weighted by molar-refractivity contribution is 0.0943. The Labute approximate surface area is 146 Å². The van der Waals surface area contributed by atoms with Crippen LogP contribution < -0.4 is 15.4 Å². The zero-order valence-electron chi connectivity index (χ0n) is 14.2. The van der Waals surface area contributed by atoms with E-state index in [0.29, 0.717) is 46.3 Å². The second kappa shape index (κ2) is 7.97. The van der Waals surface area contributed by atoms with E-state index >= 15 is 0 Å². The molecular weight excluding hydrogens is 328 g/mol. The zero-order valence-corrected chi connectivity index (χ0v) is 14.9. The van der Waals surface area contributed by atoms with Crippen LogP contribution in [0.1, 0.15) is 30.2 Å². The maximum atomic E-state index is 12.2. The molecule has 1 aromatic heterocycles. The number of methoxy groups -OCH3 is 1. The second-order valence-corrected chi connectivity index (χ2v) is 6.20. The third-order valence-corrected chi connectivity index (χ3v) is 3.40. The monoisotopic (exact) mass is 348 g/mol. The topological polar surface area (TPSA) is 76.1 Å². The Hall–Kier alpha value is -2.34. The minimum absolute atomic E-state index is 0.227. The predicted octanol–water partition coefficient (Wildman–Crippen LogP) is 3.58. The maximum Gasteiger partial charge on any atom is 0.270 e. The molecule has 0 atom stereocenters. The van der Waals surface area contributed by atoms with Gasteiger partial charge in [-0.1, -0.05) is 25.4 Å². The number of nitrogens with one attached hydrogen (secondary N) is 2. The third-order valence-electron chi connectivity index (χ3n) is 3.17. The summed E-state index contributed by atoms with van der Waals surface area (Å²) in [7, 11) is 1.57. The maximum absolute atomic E-state index is 12.2. The summed E-state index contributed by atoms with van der Waals surface area (Å²) >= 11 is 6.03. The Morgan fingerprint density at radius 1 is 1.29 bits per heavy atom. The number of benzene rings is 1. The number of hydrogen-bond donors (Lipinski definition) is 2. The van der Waals surface area contributed by atoms with Gasteiger partial charge in [-0.3, -0.25) is 4.79 Å². The molecule has 0 bridgehead atoms. The first-order valence-corrected chi connectivity index (χ1v) is 8.01. The molecule has 1 heterocycles. The molecule has 7 heteroatoms. The van der Waals surface area contributed by atoms with Gasteiger partial charge in [0.05, 0.1) is 12.8 Å². The summed E-state index contributed by atoms with van der Waals surface area (Å²) < 4.78 is 5.30. The molecule has 24 heavy (non-hydrogen) atoms. The van der Waals surface area contributed by atoms with E-state index in [2.05, 4.69) is 20.6 Å². The molecule has 2 N–H and O–H groups in total. The van der Waals surface area contributed by atoms with Crippen LogP contribution in [0, 0.1) is 12.8 Å². The van der Waals surface area contributed by atoms with Gasteiger partial charge < -0.3 is 15.4 Å². The molecule has 0 unspecified atom stereocenters. The van der Waals surface area contributed by atoms with Crippen molar-refractivity contribution >= 4 is 29.0 Å². The largest absolute Gasteiger partial charge is 0.495 e. The molecule has 0 aliphatic carbocycles. The Balaban J connectivity index is 2.25. The number of amides is 1. The van der Waals surface area contributed by atoms with E-state index in [1.807, 2.05) is 13.8 Å². The number of ether oxygens (including phenoxy) is 1. The third kappa shape index (κ3) is 4.83. The Morgan fingerprint density at radius 2 is 2.04 bits per heavy atom. The van der Waals surface area contributed by atoms with Gasteiger partial charge >= 0.3 is 0 Å². The lowest BCUT2D eigenvalue weighted by atomic mass is 10.2. The fourth-order valence-corrected chi connectivity index (χ4v) is 2.22. The fourth-order valence-electron chi connectivity index (χ4n) is 2.05. The molecule has 1 aromatic carbocycles. The SMILES string of the molecule is COc1ccc(Cl)cc1Nc1cc(C(=O)NCC(C)C)nc(C)n1. The average Bonchev–Trinajstić information content (AvgIpc) is 2.52. The fraction of sp³-hybridized carbons (Fsp3) is 0.353. The van der Waals surface area contributed by atoms with Crippen molar-refractivity contribution in [2.24, 2.45) is 5.92 Å². The highest BCUT2D eigenvalue weighted by Crippen LogP contribution is 2.30. The van der Waals surface area contributed by atoms with Crippen LogP contribution in [-0.2, 0) is 0 Å². The van der Waals surface area contributed by atoms with Gasteiger partial charge in [-0.05, 0) is 31.0 Å².